The van der Waals surface area contributed by atoms with E-state index in [4.69, 9.17) is 18.9 Å². The van der Waals surface area contributed by atoms with Crippen LogP contribution in [0.2, 0.25) is 0 Å². The van der Waals surface area contributed by atoms with Crippen molar-refractivity contribution in [2.24, 2.45) is 0 Å². The van der Waals surface area contributed by atoms with Crippen molar-refractivity contribution in [2.45, 2.75) is 6.42 Å². The van der Waals surface area contributed by atoms with Crippen LogP contribution in [-0.2, 0) is 15.9 Å². The molecule has 0 saturated carbocycles. The molecule has 5 rings (SSSR count). The fourth-order valence-electron chi connectivity index (χ4n) is 4.71. The Hall–Kier alpha value is -5.40. The summed E-state index contributed by atoms with van der Waals surface area (Å²) in [4.78, 5) is 29.1. The molecule has 0 aliphatic carbocycles. The second-order valence-corrected chi connectivity index (χ2v) is 10.3. The Labute approximate surface area is 273 Å². The number of H-pyrrole nitrogens is 1. The smallest absolute Gasteiger partial charge is 0.251 e. The third-order valence-electron chi connectivity index (χ3n) is 7.08. The maximum atomic E-state index is 12.1. The SMILES string of the molecule is COc1cccc(Nc2nc(NCCOCCOCCNC(=O)c3ccccc3)nc(NCCc3c[nH]c4ccc(OC)cc34)n2)c1. The molecule has 0 unspecified atom stereocenters. The van der Waals surface area contributed by atoms with E-state index in [0.717, 1.165) is 34.3 Å². The number of carbonyl (C=O) groups is 1. The number of carbonyl (C=O) groups excluding carboxylic acids is 1. The van der Waals surface area contributed by atoms with Crippen LogP contribution in [-0.4, -0.2) is 86.1 Å². The van der Waals surface area contributed by atoms with Gasteiger partial charge in [0.15, 0.2) is 0 Å². The summed E-state index contributed by atoms with van der Waals surface area (Å²) < 4.78 is 22.0. The molecular weight excluding hydrogens is 600 g/mol. The van der Waals surface area contributed by atoms with Gasteiger partial charge in [-0.2, -0.15) is 15.0 Å². The lowest BCUT2D eigenvalue weighted by Crippen LogP contribution is -2.27. The van der Waals surface area contributed by atoms with Crippen molar-refractivity contribution in [3.63, 3.8) is 0 Å². The number of nitrogens with zero attached hydrogens (tertiary/aromatic N) is 3. The zero-order chi connectivity index (χ0) is 32.7. The molecule has 246 valence electrons. The van der Waals surface area contributed by atoms with Crippen LogP contribution in [0.25, 0.3) is 10.9 Å². The van der Waals surface area contributed by atoms with Crippen LogP contribution in [0.3, 0.4) is 0 Å². The number of anilines is 4. The number of methoxy groups -OCH3 is 2. The Bertz CT molecular complexity index is 1720. The summed E-state index contributed by atoms with van der Waals surface area (Å²) in [5, 5.41) is 13.7. The Morgan fingerprint density at radius 3 is 2.19 bits per heavy atom. The number of hydrogen-bond donors (Lipinski definition) is 5. The van der Waals surface area contributed by atoms with E-state index in [0.29, 0.717) is 75.2 Å². The number of benzene rings is 3. The van der Waals surface area contributed by atoms with E-state index in [-0.39, 0.29) is 5.91 Å². The quantitative estimate of drug-likeness (QED) is 0.0801. The first-order chi connectivity index (χ1) is 23.1. The normalized spacial score (nSPS) is 10.9. The van der Waals surface area contributed by atoms with E-state index in [9.17, 15) is 4.79 Å². The highest BCUT2D eigenvalue weighted by Gasteiger charge is 2.10. The minimum absolute atomic E-state index is 0.120. The summed E-state index contributed by atoms with van der Waals surface area (Å²) >= 11 is 0. The molecule has 3 aromatic carbocycles. The maximum Gasteiger partial charge on any atom is 0.251 e. The van der Waals surface area contributed by atoms with Gasteiger partial charge in [-0.25, -0.2) is 0 Å². The van der Waals surface area contributed by atoms with Crippen molar-refractivity contribution in [1.82, 2.24) is 25.3 Å². The summed E-state index contributed by atoms with van der Waals surface area (Å²) in [7, 11) is 3.29. The van der Waals surface area contributed by atoms with Gasteiger partial charge in [-0.05, 0) is 54.4 Å². The van der Waals surface area contributed by atoms with Gasteiger partial charge in [0.2, 0.25) is 17.8 Å². The first kappa shape index (κ1) is 33.0. The molecule has 0 spiro atoms. The molecule has 0 bridgehead atoms. The van der Waals surface area contributed by atoms with Gasteiger partial charge in [-0.3, -0.25) is 4.79 Å². The molecule has 0 radical (unpaired) electrons. The van der Waals surface area contributed by atoms with Crippen molar-refractivity contribution in [2.75, 3.05) is 76.2 Å². The highest BCUT2D eigenvalue weighted by atomic mass is 16.5. The molecule has 2 heterocycles. The number of rotatable bonds is 19. The third kappa shape index (κ3) is 10.0. The molecule has 0 aliphatic rings. The average Bonchev–Trinajstić information content (AvgIpc) is 3.51. The van der Waals surface area contributed by atoms with Crippen LogP contribution in [0.4, 0.5) is 23.5 Å². The molecule has 5 aromatic rings. The van der Waals surface area contributed by atoms with Crippen LogP contribution in [0.1, 0.15) is 15.9 Å². The molecule has 47 heavy (non-hydrogen) atoms. The molecule has 13 heteroatoms. The highest BCUT2D eigenvalue weighted by Crippen LogP contribution is 2.24. The number of amides is 1. The van der Waals surface area contributed by atoms with Gasteiger partial charge >= 0.3 is 0 Å². The zero-order valence-corrected chi connectivity index (χ0v) is 26.5. The van der Waals surface area contributed by atoms with Crippen LogP contribution < -0.4 is 30.7 Å². The van der Waals surface area contributed by atoms with E-state index >= 15 is 0 Å². The number of fused-ring (bicyclic) bond motifs is 1. The summed E-state index contributed by atoms with van der Waals surface area (Å²) in [5.41, 5.74) is 3.62. The topological polar surface area (TPSA) is 157 Å². The fourth-order valence-corrected chi connectivity index (χ4v) is 4.71. The van der Waals surface area contributed by atoms with Gasteiger partial charge in [0, 0.05) is 54.1 Å². The van der Waals surface area contributed by atoms with Gasteiger partial charge < -0.3 is 45.2 Å². The lowest BCUT2D eigenvalue weighted by Gasteiger charge is -2.12. The minimum atomic E-state index is -0.120. The van der Waals surface area contributed by atoms with Crippen molar-refractivity contribution in [1.29, 1.82) is 0 Å². The van der Waals surface area contributed by atoms with Gasteiger partial charge in [-0.15, -0.1) is 0 Å². The summed E-state index contributed by atoms with van der Waals surface area (Å²) in [6.07, 6.45) is 2.76. The number of ether oxygens (including phenoxy) is 4. The van der Waals surface area contributed by atoms with Crippen molar-refractivity contribution in [3.05, 3.63) is 90.1 Å². The second kappa shape index (κ2) is 17.3. The van der Waals surface area contributed by atoms with E-state index in [1.54, 1.807) is 26.4 Å². The van der Waals surface area contributed by atoms with Crippen molar-refractivity contribution < 1.29 is 23.7 Å². The van der Waals surface area contributed by atoms with Crippen LogP contribution in [0.5, 0.6) is 11.5 Å². The number of hydrogen-bond acceptors (Lipinski definition) is 11. The Kier molecular flexibility index (Phi) is 12.2. The molecule has 0 saturated heterocycles. The minimum Gasteiger partial charge on any atom is -0.497 e. The summed E-state index contributed by atoms with van der Waals surface area (Å²) in [6, 6.07) is 22.6. The fraction of sp³-hybridized carbons (Fsp3) is 0.294. The van der Waals surface area contributed by atoms with E-state index < -0.39 is 0 Å². The largest absolute Gasteiger partial charge is 0.497 e. The molecule has 0 fully saturated rings. The predicted octanol–water partition coefficient (Wildman–Crippen LogP) is 4.64. The lowest BCUT2D eigenvalue weighted by atomic mass is 10.1. The molecule has 0 atom stereocenters. The van der Waals surface area contributed by atoms with Gasteiger partial charge in [0.25, 0.3) is 5.91 Å². The summed E-state index contributed by atoms with van der Waals surface area (Å²) in [5.74, 6) is 2.62. The molecule has 2 aromatic heterocycles. The molecular formula is C34H40N8O5. The first-order valence-corrected chi connectivity index (χ1v) is 15.4. The maximum absolute atomic E-state index is 12.1. The monoisotopic (exact) mass is 640 g/mol. The van der Waals surface area contributed by atoms with Crippen LogP contribution >= 0.6 is 0 Å². The van der Waals surface area contributed by atoms with Crippen LogP contribution in [0, 0.1) is 0 Å². The average molecular weight is 641 g/mol. The van der Waals surface area contributed by atoms with Crippen molar-refractivity contribution in [3.8, 4) is 11.5 Å². The summed E-state index contributed by atoms with van der Waals surface area (Å²) in [6.45, 7) is 3.16. The lowest BCUT2D eigenvalue weighted by molar-refractivity contribution is 0.0519. The molecule has 5 N–H and O–H groups in total. The highest BCUT2D eigenvalue weighted by molar-refractivity contribution is 5.94. The number of aromatic amines is 1. The molecule has 0 aliphatic heterocycles. The third-order valence-corrected chi connectivity index (χ3v) is 7.08. The van der Waals surface area contributed by atoms with E-state index in [1.165, 1.54) is 0 Å². The van der Waals surface area contributed by atoms with Gasteiger partial charge in [0.05, 0.1) is 40.6 Å². The Morgan fingerprint density at radius 1 is 0.723 bits per heavy atom. The standard InChI is InChI=1S/C34H40N8O5/c1-44-27-10-6-9-26(21-27)39-34-41-32(36-14-13-25-23-38-30-12-11-28(45-2)22-29(25)30)40-33(42-34)37-16-18-47-20-19-46-17-15-35-31(43)24-7-4-3-5-8-24/h3-12,21-23,38H,13-20H2,1-2H3,(H,35,43)(H3,36,37,39,40,41,42). The number of nitrogens with one attached hydrogen (secondary N) is 5. The van der Waals surface area contributed by atoms with Gasteiger partial charge in [-0.1, -0.05) is 24.3 Å². The Morgan fingerprint density at radius 2 is 1.43 bits per heavy atom. The van der Waals surface area contributed by atoms with Gasteiger partial charge in [0.1, 0.15) is 11.5 Å². The second-order valence-electron chi connectivity index (χ2n) is 10.3. The first-order valence-electron chi connectivity index (χ1n) is 15.4. The van der Waals surface area contributed by atoms with E-state index in [2.05, 4.69) is 41.2 Å². The van der Waals surface area contributed by atoms with E-state index in [1.807, 2.05) is 66.9 Å². The zero-order valence-electron chi connectivity index (χ0n) is 26.5. The van der Waals surface area contributed by atoms with Crippen molar-refractivity contribution >= 4 is 40.3 Å². The molecule has 13 nitrogen and oxygen atoms in total. The predicted molar refractivity (Wildman–Crippen MR) is 182 cm³/mol. The van der Waals surface area contributed by atoms with Crippen LogP contribution in [0.15, 0.2) is 79.0 Å². The molecule has 1 amide bonds. The number of aromatic nitrogens is 4. The Balaban J connectivity index is 1.09.